The predicted octanol–water partition coefficient (Wildman–Crippen LogP) is 5.33. The van der Waals surface area contributed by atoms with Gasteiger partial charge in [0.05, 0.1) is 17.7 Å². The molecule has 0 spiro atoms. The van der Waals surface area contributed by atoms with E-state index in [4.69, 9.17) is 13.9 Å². The Bertz CT molecular complexity index is 1620. The highest BCUT2D eigenvalue weighted by Gasteiger charge is 2.39. The number of carbonyl (C=O) groups is 4. The third-order valence-corrected chi connectivity index (χ3v) is 14.9. The van der Waals surface area contributed by atoms with E-state index in [2.05, 4.69) is 54.9 Å². The Kier molecular flexibility index (Phi) is 14.4. The summed E-state index contributed by atoms with van der Waals surface area (Å²) in [5.41, 5.74) is 5.35. The third-order valence-electron chi connectivity index (χ3n) is 10.5. The van der Waals surface area contributed by atoms with Gasteiger partial charge in [-0.25, -0.2) is 5.43 Å². The lowest BCUT2D eigenvalue weighted by atomic mass is 9.96. The second-order valence-corrected chi connectivity index (χ2v) is 20.8. The fraction of sp³-hybridized carbons (Fsp3) is 0.575. The molecule has 0 saturated carbocycles. The summed E-state index contributed by atoms with van der Waals surface area (Å²) in [6, 6.07) is 8.63. The number of carbonyl (C=O) groups excluding carboxylic acids is 4. The number of rotatable bonds is 6. The van der Waals surface area contributed by atoms with Crippen molar-refractivity contribution in [2.75, 3.05) is 13.7 Å². The lowest BCUT2D eigenvalue weighted by Gasteiger charge is -2.36. The molecule has 5 atom stereocenters. The van der Waals surface area contributed by atoms with Gasteiger partial charge in [0, 0.05) is 26.3 Å². The molecular formula is C40H59N5O7Si. The Balaban J connectivity index is 1.66. The molecule has 3 N–H and O–H groups in total. The summed E-state index contributed by atoms with van der Waals surface area (Å²) < 4.78 is 17.9. The number of ether oxygens (including phenoxy) is 2. The molecule has 12 nitrogen and oxygen atoms in total. The summed E-state index contributed by atoms with van der Waals surface area (Å²) in [6.07, 6.45) is 7.64. The highest BCUT2D eigenvalue weighted by Crippen LogP contribution is 2.37. The Morgan fingerprint density at radius 1 is 1.04 bits per heavy atom. The van der Waals surface area contributed by atoms with Gasteiger partial charge in [0.1, 0.15) is 30.5 Å². The van der Waals surface area contributed by atoms with Crippen molar-refractivity contribution in [2.45, 2.75) is 123 Å². The summed E-state index contributed by atoms with van der Waals surface area (Å²) >= 11 is 0. The highest BCUT2D eigenvalue weighted by atomic mass is 28.4. The minimum Gasteiger partial charge on any atom is -0.543 e. The summed E-state index contributed by atoms with van der Waals surface area (Å²) in [6.45, 7) is 16.7. The second kappa shape index (κ2) is 18.3. The van der Waals surface area contributed by atoms with Crippen LogP contribution in [-0.4, -0.2) is 79.9 Å². The molecule has 290 valence electrons. The number of cyclic esters (lactones) is 1. The smallest absolute Gasteiger partial charge is 0.325 e. The van der Waals surface area contributed by atoms with Crippen molar-refractivity contribution in [1.29, 1.82) is 0 Å². The van der Waals surface area contributed by atoms with Gasteiger partial charge in [-0.15, -0.1) is 0 Å². The van der Waals surface area contributed by atoms with E-state index in [0.717, 1.165) is 11.1 Å². The number of nitrogens with one attached hydrogen (secondary N) is 3. The number of fused-ring (bicyclic) bond motifs is 4. The Morgan fingerprint density at radius 2 is 1.79 bits per heavy atom. The number of hydrogen-bond donors (Lipinski definition) is 3. The normalized spacial score (nSPS) is 24.4. The van der Waals surface area contributed by atoms with Crippen LogP contribution in [0.4, 0.5) is 0 Å². The highest BCUT2D eigenvalue weighted by molar-refractivity contribution is 6.74. The molecule has 13 heteroatoms. The molecule has 2 aliphatic rings. The van der Waals surface area contributed by atoms with Crippen molar-refractivity contribution in [3.63, 3.8) is 0 Å². The van der Waals surface area contributed by atoms with Gasteiger partial charge in [0.2, 0.25) is 20.1 Å². The lowest BCUT2D eigenvalue weighted by Crippen LogP contribution is -2.62. The first-order valence-corrected chi connectivity index (χ1v) is 21.7. The predicted molar refractivity (Wildman–Crippen MR) is 207 cm³/mol. The standard InChI is InChI=1S/C40H59N5O7Si/c1-26(2)35-37(47)42-33(24-29-15-12-16-31(23-29)52-53(8,9)40(4,5)6)38(48)45-21-13-17-32(44-45)39(49)51-25-30-22-28(19-20-41-30)14-10-11-18-34(50-7)27(3)36(46)43-35/h10,12,14-16,19-20,22-23,26-27,32-35,44H,11,13,17-18,21,24-25H2,1-9H3,(H,42,47)(H,43,46)/t27-,32+,33+,34-,35+/m1/s1. The van der Waals surface area contributed by atoms with Crippen molar-refractivity contribution in [3.05, 3.63) is 65.5 Å². The van der Waals surface area contributed by atoms with Crippen molar-refractivity contribution in [3.8, 4) is 5.75 Å². The monoisotopic (exact) mass is 749 g/mol. The van der Waals surface area contributed by atoms with Gasteiger partial charge in [-0.1, -0.05) is 65.8 Å². The molecule has 3 heterocycles. The van der Waals surface area contributed by atoms with E-state index in [1.54, 1.807) is 20.2 Å². The maximum absolute atomic E-state index is 14.3. The Hall–Kier alpha value is -4.07. The number of methoxy groups -OCH3 is 1. The molecule has 1 fully saturated rings. The first-order chi connectivity index (χ1) is 25.0. The average Bonchev–Trinajstić information content (AvgIpc) is 3.11. The number of hydrogen-bond acceptors (Lipinski definition) is 9. The number of amides is 3. The fourth-order valence-electron chi connectivity index (χ4n) is 6.15. The van der Waals surface area contributed by atoms with E-state index in [0.29, 0.717) is 43.7 Å². The molecule has 1 saturated heterocycles. The molecule has 4 bridgehead atoms. The molecule has 0 unspecified atom stereocenters. The van der Waals surface area contributed by atoms with Crippen molar-refractivity contribution >= 4 is 38.1 Å². The van der Waals surface area contributed by atoms with Gasteiger partial charge in [-0.2, -0.15) is 0 Å². The van der Waals surface area contributed by atoms with Crippen molar-refractivity contribution in [1.82, 2.24) is 26.1 Å². The van der Waals surface area contributed by atoms with Crippen LogP contribution in [0.2, 0.25) is 18.1 Å². The van der Waals surface area contributed by atoms with Gasteiger partial charge in [-0.05, 0) is 85.1 Å². The maximum Gasteiger partial charge on any atom is 0.325 e. The maximum atomic E-state index is 14.3. The van der Waals surface area contributed by atoms with Crippen LogP contribution in [0.5, 0.6) is 5.75 Å². The number of aromatic nitrogens is 1. The van der Waals surface area contributed by atoms with E-state index < -0.39 is 56.2 Å². The SMILES string of the molecule is CO[C@@H]1CCC=Cc2ccnc(c2)COC(=O)[C@@H]2CCCN(N2)C(=O)[C@H](Cc2cccc(O[Si](C)(C)C(C)(C)C)c2)NC(=O)[C@H](C(C)C)NC(=O)[C@@H]1C. The fourth-order valence-corrected chi connectivity index (χ4v) is 7.17. The lowest BCUT2D eigenvalue weighted by molar-refractivity contribution is -0.154. The number of esters is 1. The van der Waals surface area contributed by atoms with Crippen LogP contribution in [-0.2, 0) is 41.7 Å². The molecule has 2 aliphatic heterocycles. The zero-order valence-electron chi connectivity index (χ0n) is 32.9. The van der Waals surface area contributed by atoms with Crippen molar-refractivity contribution < 1.29 is 33.1 Å². The topological polar surface area (TPSA) is 148 Å². The molecule has 1 aromatic carbocycles. The first kappa shape index (κ1) is 41.7. The van der Waals surface area contributed by atoms with E-state index in [1.807, 2.05) is 62.4 Å². The summed E-state index contributed by atoms with van der Waals surface area (Å²) in [5.74, 6) is -1.81. The number of hydrazine groups is 1. The van der Waals surface area contributed by atoms with Gasteiger partial charge in [-0.3, -0.25) is 29.2 Å². The van der Waals surface area contributed by atoms with Gasteiger partial charge in [0.15, 0.2) is 0 Å². The molecule has 53 heavy (non-hydrogen) atoms. The van der Waals surface area contributed by atoms with Crippen LogP contribution in [0.15, 0.2) is 48.7 Å². The zero-order valence-corrected chi connectivity index (χ0v) is 33.9. The van der Waals surface area contributed by atoms with E-state index in [9.17, 15) is 19.2 Å². The molecule has 0 aliphatic carbocycles. The third kappa shape index (κ3) is 11.5. The molecule has 4 rings (SSSR count). The van der Waals surface area contributed by atoms with Gasteiger partial charge in [0.25, 0.3) is 5.91 Å². The second-order valence-electron chi connectivity index (χ2n) is 16.0. The Morgan fingerprint density at radius 3 is 2.49 bits per heavy atom. The van der Waals surface area contributed by atoms with Gasteiger partial charge < -0.3 is 24.5 Å². The van der Waals surface area contributed by atoms with Crippen LogP contribution in [0.3, 0.4) is 0 Å². The molecule has 2 aromatic rings. The van der Waals surface area contributed by atoms with Crippen molar-refractivity contribution in [2.24, 2.45) is 11.8 Å². The van der Waals surface area contributed by atoms with Gasteiger partial charge >= 0.3 is 5.97 Å². The Labute approximate surface area is 315 Å². The molecule has 1 aromatic heterocycles. The first-order valence-electron chi connectivity index (χ1n) is 18.8. The van der Waals surface area contributed by atoms with Crippen LogP contribution in [0.1, 0.15) is 84.0 Å². The van der Waals surface area contributed by atoms with Crippen LogP contribution in [0.25, 0.3) is 6.08 Å². The van der Waals surface area contributed by atoms with Crippen LogP contribution >= 0.6 is 0 Å². The molecule has 3 amide bonds. The minimum atomic E-state index is -2.15. The quantitative estimate of drug-likeness (QED) is 0.263. The van der Waals surface area contributed by atoms with Crippen LogP contribution in [0, 0.1) is 11.8 Å². The number of benzene rings is 1. The van der Waals surface area contributed by atoms with Crippen LogP contribution < -0.4 is 20.5 Å². The zero-order chi connectivity index (χ0) is 38.9. The number of nitrogens with zero attached hydrogens (tertiary/aromatic N) is 2. The summed E-state index contributed by atoms with van der Waals surface area (Å²) in [7, 11) is -0.578. The largest absolute Gasteiger partial charge is 0.543 e. The number of allylic oxidation sites excluding steroid dienone is 1. The van der Waals surface area contributed by atoms with E-state index in [-0.39, 0.29) is 29.9 Å². The minimum absolute atomic E-state index is 0.0166. The average molecular weight is 750 g/mol. The summed E-state index contributed by atoms with van der Waals surface area (Å²) in [4.78, 5) is 59.6. The number of pyridine rings is 1. The summed E-state index contributed by atoms with van der Waals surface area (Å²) in [5, 5.41) is 7.31. The van der Waals surface area contributed by atoms with E-state index in [1.165, 1.54) is 5.01 Å². The molecular weight excluding hydrogens is 691 g/mol. The molecule has 0 radical (unpaired) electrons. The van der Waals surface area contributed by atoms with E-state index >= 15 is 0 Å².